The fourth-order valence-corrected chi connectivity index (χ4v) is 3.55. The van der Waals surface area contributed by atoms with Crippen molar-refractivity contribution in [1.82, 2.24) is 20.4 Å². The molecule has 1 aliphatic rings. The van der Waals surface area contributed by atoms with Gasteiger partial charge < -0.3 is 20.3 Å². The summed E-state index contributed by atoms with van der Waals surface area (Å²) in [6.07, 6.45) is 5.16. The van der Waals surface area contributed by atoms with Gasteiger partial charge in [-0.05, 0) is 64.0 Å². The second-order valence-corrected chi connectivity index (χ2v) is 7.92. The van der Waals surface area contributed by atoms with Crippen LogP contribution in [0.3, 0.4) is 0 Å². The van der Waals surface area contributed by atoms with Crippen LogP contribution in [0.4, 0.5) is 0 Å². The van der Waals surface area contributed by atoms with Gasteiger partial charge in [-0.25, -0.2) is 4.99 Å². The van der Waals surface area contributed by atoms with E-state index in [-0.39, 0.29) is 24.0 Å². The van der Waals surface area contributed by atoms with Gasteiger partial charge in [-0.3, -0.25) is 4.90 Å². The molecule has 0 amide bonds. The van der Waals surface area contributed by atoms with Crippen LogP contribution in [0, 0.1) is 0 Å². The summed E-state index contributed by atoms with van der Waals surface area (Å²) in [5.41, 5.74) is 2.66. The zero-order chi connectivity index (χ0) is 20.7. The van der Waals surface area contributed by atoms with E-state index in [1.54, 1.807) is 7.11 Å². The van der Waals surface area contributed by atoms with Gasteiger partial charge in [0.25, 0.3) is 0 Å². The van der Waals surface area contributed by atoms with Gasteiger partial charge in [-0.1, -0.05) is 30.7 Å². The second-order valence-electron chi connectivity index (χ2n) is 7.92. The fraction of sp³-hybridized carbons (Fsp3) is 0.696. The molecule has 0 saturated carbocycles. The average Bonchev–Trinajstić information content (AvgIpc) is 2.75. The van der Waals surface area contributed by atoms with Gasteiger partial charge in [0.1, 0.15) is 0 Å². The number of piperidine rings is 1. The molecular formula is C23H42IN5O. The third-order valence-corrected chi connectivity index (χ3v) is 5.33. The minimum Gasteiger partial charge on any atom is -0.383 e. The monoisotopic (exact) mass is 531 g/mol. The second kappa shape index (κ2) is 16.8. The lowest BCUT2D eigenvalue weighted by Crippen LogP contribution is -2.38. The molecule has 0 aliphatic carbocycles. The van der Waals surface area contributed by atoms with Crippen LogP contribution in [-0.2, 0) is 17.8 Å². The molecule has 1 aromatic carbocycles. The summed E-state index contributed by atoms with van der Waals surface area (Å²) in [7, 11) is 3.88. The average molecular weight is 532 g/mol. The van der Waals surface area contributed by atoms with Crippen LogP contribution in [0.15, 0.2) is 29.3 Å². The number of nitrogens with zero attached hydrogens (tertiary/aromatic N) is 3. The number of nitrogens with one attached hydrogen (secondary N) is 2. The lowest BCUT2D eigenvalue weighted by molar-refractivity contribution is 0.161. The SMILES string of the molecule is CCNC(=NCc1ccc(CN2CCCCC2)cc1)NCCCN(C)CCOC.I. The van der Waals surface area contributed by atoms with Crippen molar-refractivity contribution in [3.05, 3.63) is 35.4 Å². The van der Waals surface area contributed by atoms with Crippen molar-refractivity contribution in [3.63, 3.8) is 0 Å². The number of likely N-dealkylation sites (tertiary alicyclic amines) is 1. The highest BCUT2D eigenvalue weighted by Gasteiger charge is 2.10. The van der Waals surface area contributed by atoms with Crippen molar-refractivity contribution in [2.24, 2.45) is 4.99 Å². The molecule has 7 heteroatoms. The zero-order valence-electron chi connectivity index (χ0n) is 19.2. The number of likely N-dealkylation sites (N-methyl/N-ethyl adjacent to an activating group) is 1. The molecule has 0 aromatic heterocycles. The van der Waals surface area contributed by atoms with Gasteiger partial charge >= 0.3 is 0 Å². The summed E-state index contributed by atoms with van der Waals surface area (Å²) in [5, 5.41) is 6.78. The van der Waals surface area contributed by atoms with Crippen LogP contribution in [0.2, 0.25) is 0 Å². The van der Waals surface area contributed by atoms with Gasteiger partial charge in [-0.15, -0.1) is 24.0 Å². The van der Waals surface area contributed by atoms with Crippen molar-refractivity contribution < 1.29 is 4.74 Å². The first-order chi connectivity index (χ1) is 14.2. The number of ether oxygens (including phenoxy) is 1. The minimum absolute atomic E-state index is 0. The van der Waals surface area contributed by atoms with Gasteiger partial charge in [0, 0.05) is 33.3 Å². The number of hydrogen-bond acceptors (Lipinski definition) is 4. The predicted octanol–water partition coefficient (Wildman–Crippen LogP) is 3.31. The maximum Gasteiger partial charge on any atom is 0.191 e. The number of methoxy groups -OCH3 is 1. The van der Waals surface area contributed by atoms with Crippen molar-refractivity contribution in [2.75, 3.05) is 60.0 Å². The molecule has 6 nitrogen and oxygen atoms in total. The van der Waals surface area contributed by atoms with E-state index in [1.807, 2.05) is 0 Å². The Balaban J connectivity index is 0.00000450. The molecule has 30 heavy (non-hydrogen) atoms. The molecule has 0 atom stereocenters. The third-order valence-electron chi connectivity index (χ3n) is 5.33. The summed E-state index contributed by atoms with van der Waals surface area (Å²) in [4.78, 5) is 9.60. The maximum atomic E-state index is 5.12. The number of benzene rings is 1. The molecule has 0 radical (unpaired) electrons. The topological polar surface area (TPSA) is 52.1 Å². The first-order valence-electron chi connectivity index (χ1n) is 11.2. The molecular weight excluding hydrogens is 489 g/mol. The third kappa shape index (κ3) is 11.5. The van der Waals surface area contributed by atoms with E-state index in [9.17, 15) is 0 Å². The van der Waals surface area contributed by atoms with Crippen LogP contribution in [-0.4, -0.2) is 75.8 Å². The Morgan fingerprint density at radius 2 is 1.77 bits per heavy atom. The fourth-order valence-electron chi connectivity index (χ4n) is 3.55. The highest BCUT2D eigenvalue weighted by atomic mass is 127. The van der Waals surface area contributed by atoms with E-state index >= 15 is 0 Å². The van der Waals surface area contributed by atoms with Crippen molar-refractivity contribution in [2.45, 2.75) is 45.7 Å². The molecule has 0 bridgehead atoms. The summed E-state index contributed by atoms with van der Waals surface area (Å²) >= 11 is 0. The zero-order valence-corrected chi connectivity index (χ0v) is 21.5. The summed E-state index contributed by atoms with van der Waals surface area (Å²) in [6.45, 7) is 11.0. The van der Waals surface area contributed by atoms with E-state index in [2.05, 4.69) is 58.7 Å². The Morgan fingerprint density at radius 1 is 1.07 bits per heavy atom. The van der Waals surface area contributed by atoms with Crippen LogP contribution < -0.4 is 10.6 Å². The highest BCUT2D eigenvalue weighted by Crippen LogP contribution is 2.14. The summed E-state index contributed by atoms with van der Waals surface area (Å²) in [6, 6.07) is 8.96. The van der Waals surface area contributed by atoms with Gasteiger partial charge in [0.15, 0.2) is 5.96 Å². The molecule has 0 spiro atoms. The Bertz CT molecular complexity index is 575. The lowest BCUT2D eigenvalue weighted by atomic mass is 10.1. The minimum atomic E-state index is 0. The summed E-state index contributed by atoms with van der Waals surface area (Å²) < 4.78 is 5.12. The molecule has 1 fully saturated rings. The van der Waals surface area contributed by atoms with Crippen LogP contribution >= 0.6 is 24.0 Å². The first-order valence-corrected chi connectivity index (χ1v) is 11.2. The Hall–Kier alpha value is -0.900. The van der Waals surface area contributed by atoms with E-state index in [1.165, 1.54) is 43.5 Å². The molecule has 1 aliphatic heterocycles. The summed E-state index contributed by atoms with van der Waals surface area (Å²) in [5.74, 6) is 0.893. The smallest absolute Gasteiger partial charge is 0.191 e. The van der Waals surface area contributed by atoms with E-state index < -0.39 is 0 Å². The van der Waals surface area contributed by atoms with Gasteiger partial charge in [0.2, 0.25) is 0 Å². The molecule has 1 heterocycles. The van der Waals surface area contributed by atoms with Crippen LogP contribution in [0.1, 0.15) is 43.7 Å². The lowest BCUT2D eigenvalue weighted by Gasteiger charge is -2.26. The predicted molar refractivity (Wildman–Crippen MR) is 138 cm³/mol. The Kier molecular flexibility index (Phi) is 15.2. The molecule has 1 saturated heterocycles. The van der Waals surface area contributed by atoms with Crippen LogP contribution in [0.5, 0.6) is 0 Å². The van der Waals surface area contributed by atoms with Crippen molar-refractivity contribution >= 4 is 29.9 Å². The molecule has 172 valence electrons. The van der Waals surface area contributed by atoms with E-state index in [4.69, 9.17) is 9.73 Å². The van der Waals surface area contributed by atoms with E-state index in [0.29, 0.717) is 6.54 Å². The highest BCUT2D eigenvalue weighted by molar-refractivity contribution is 14.0. The largest absolute Gasteiger partial charge is 0.383 e. The number of aliphatic imine (C=N–C) groups is 1. The van der Waals surface area contributed by atoms with Crippen LogP contribution in [0.25, 0.3) is 0 Å². The number of hydrogen-bond donors (Lipinski definition) is 2. The van der Waals surface area contributed by atoms with Gasteiger partial charge in [0.05, 0.1) is 13.2 Å². The quantitative estimate of drug-likeness (QED) is 0.188. The van der Waals surface area contributed by atoms with E-state index in [0.717, 1.165) is 51.7 Å². The normalized spacial score (nSPS) is 15.1. The number of guanidine groups is 1. The molecule has 2 rings (SSSR count). The van der Waals surface area contributed by atoms with Crippen molar-refractivity contribution in [1.29, 1.82) is 0 Å². The molecule has 1 aromatic rings. The number of halogens is 1. The molecule has 2 N–H and O–H groups in total. The van der Waals surface area contributed by atoms with Gasteiger partial charge in [-0.2, -0.15) is 0 Å². The van der Waals surface area contributed by atoms with Crippen molar-refractivity contribution in [3.8, 4) is 0 Å². The Labute approximate surface area is 200 Å². The molecule has 0 unspecified atom stereocenters. The Morgan fingerprint density at radius 3 is 2.43 bits per heavy atom. The number of rotatable bonds is 12. The maximum absolute atomic E-state index is 5.12. The standard InChI is InChI=1S/C23H41N5O.HI/c1-4-24-23(25-13-8-14-27(2)17-18-29-3)26-19-21-9-11-22(12-10-21)20-28-15-6-5-7-16-28;/h9-12H,4-8,13-20H2,1-3H3,(H2,24,25,26);1H. The first kappa shape index (κ1) is 27.1.